The smallest absolute Gasteiger partial charge is 0.294 e. The fourth-order valence-electron chi connectivity index (χ4n) is 2.16. The molecule has 0 bridgehead atoms. The lowest BCUT2D eigenvalue weighted by Crippen LogP contribution is -2.18. The summed E-state index contributed by atoms with van der Waals surface area (Å²) in [6.45, 7) is 1.12. The van der Waals surface area contributed by atoms with Crippen LogP contribution in [0.25, 0.3) is 0 Å². The summed E-state index contributed by atoms with van der Waals surface area (Å²) in [5, 5.41) is 0. The number of hydrogen-bond donors (Lipinski definition) is 1. The maximum Gasteiger partial charge on any atom is 0.416 e. The first kappa shape index (κ1) is 20.7. The van der Waals surface area contributed by atoms with Crippen molar-refractivity contribution in [2.45, 2.75) is 24.2 Å². The molecule has 0 aliphatic heterocycles. The number of Topliss-reactive ketones (excluding diaryl/α,β-unsaturated/α-hetero) is 1. The van der Waals surface area contributed by atoms with Gasteiger partial charge in [-0.25, -0.2) is 8.42 Å². The first-order chi connectivity index (χ1) is 12.2. The molecule has 2 aromatic rings. The number of rotatable bonds is 4. The van der Waals surface area contributed by atoms with Crippen LogP contribution in [0.3, 0.4) is 0 Å². The van der Waals surface area contributed by atoms with Gasteiger partial charge in [0, 0.05) is 5.56 Å². The number of carbonyl (C=O) groups excluding carboxylic acids is 1. The quantitative estimate of drug-likeness (QED) is 0.585. The highest BCUT2D eigenvalue weighted by Crippen LogP contribution is 2.37. The molecule has 1 N–H and O–H groups in total. The molecule has 0 aromatic heterocycles. The van der Waals surface area contributed by atoms with Gasteiger partial charge in [0.15, 0.2) is 5.78 Å². The lowest BCUT2D eigenvalue weighted by atomic mass is 10.1. The Kier molecular flexibility index (Phi) is 5.28. The van der Waals surface area contributed by atoms with Crippen molar-refractivity contribution in [1.29, 1.82) is 0 Å². The van der Waals surface area contributed by atoms with E-state index in [1.54, 1.807) is 0 Å². The Morgan fingerprint density at radius 2 is 1.37 bits per heavy atom. The Morgan fingerprint density at radius 1 is 0.889 bits per heavy atom. The standard InChI is InChI=1S/C16H11F6NO3S/c1-9(24)13-4-2-3-5-14(13)23-27(25,26)12-7-10(15(17,18)19)6-11(8-12)16(20,21)22/h2-8,23H,1H3. The van der Waals surface area contributed by atoms with Crippen LogP contribution < -0.4 is 4.72 Å². The monoisotopic (exact) mass is 411 g/mol. The number of carbonyl (C=O) groups is 1. The number of ketones is 1. The summed E-state index contributed by atoms with van der Waals surface area (Å²) in [6.07, 6.45) is -10.4. The van der Waals surface area contributed by atoms with Gasteiger partial charge in [-0.3, -0.25) is 9.52 Å². The number of halogens is 6. The van der Waals surface area contributed by atoms with E-state index in [1.807, 2.05) is 4.72 Å². The normalized spacial score (nSPS) is 12.7. The maximum absolute atomic E-state index is 12.9. The van der Waals surface area contributed by atoms with Gasteiger partial charge in [-0.15, -0.1) is 0 Å². The molecule has 0 unspecified atom stereocenters. The van der Waals surface area contributed by atoms with Gasteiger partial charge in [-0.2, -0.15) is 26.3 Å². The first-order valence-corrected chi connectivity index (χ1v) is 8.62. The molecule has 2 aromatic carbocycles. The van der Waals surface area contributed by atoms with E-state index < -0.39 is 44.2 Å². The number of para-hydroxylation sites is 1. The summed E-state index contributed by atoms with van der Waals surface area (Å²) in [6, 6.07) is 5.18. The molecule has 0 spiro atoms. The van der Waals surface area contributed by atoms with Crippen LogP contribution in [0.15, 0.2) is 47.4 Å². The Labute approximate surface area is 149 Å². The topological polar surface area (TPSA) is 63.2 Å². The predicted molar refractivity (Wildman–Crippen MR) is 83.7 cm³/mol. The number of sulfonamides is 1. The van der Waals surface area contributed by atoms with E-state index in [-0.39, 0.29) is 29.4 Å². The van der Waals surface area contributed by atoms with Gasteiger partial charge < -0.3 is 0 Å². The van der Waals surface area contributed by atoms with Crippen molar-refractivity contribution < 1.29 is 39.6 Å². The second kappa shape index (κ2) is 6.87. The molecule has 0 amide bonds. The molecule has 0 radical (unpaired) electrons. The van der Waals surface area contributed by atoms with Gasteiger partial charge in [0.05, 0.1) is 21.7 Å². The minimum Gasteiger partial charge on any atom is -0.294 e. The molecule has 0 saturated heterocycles. The minimum absolute atomic E-state index is 0.0912. The van der Waals surface area contributed by atoms with E-state index in [0.29, 0.717) is 0 Å². The highest BCUT2D eigenvalue weighted by molar-refractivity contribution is 7.92. The molecule has 0 fully saturated rings. The summed E-state index contributed by atoms with van der Waals surface area (Å²) in [5.74, 6) is -0.548. The van der Waals surface area contributed by atoms with E-state index in [2.05, 4.69) is 0 Å². The third kappa shape index (κ3) is 4.79. The largest absolute Gasteiger partial charge is 0.416 e. The second-order valence-corrected chi connectivity index (χ2v) is 7.13. The predicted octanol–water partition coefficient (Wildman–Crippen LogP) is 4.73. The van der Waals surface area contributed by atoms with Gasteiger partial charge in [0.25, 0.3) is 10.0 Å². The van der Waals surface area contributed by atoms with Crippen LogP contribution >= 0.6 is 0 Å². The molecule has 0 atom stereocenters. The van der Waals surface area contributed by atoms with Gasteiger partial charge in [0.2, 0.25) is 0 Å². The van der Waals surface area contributed by atoms with E-state index in [4.69, 9.17) is 0 Å². The van der Waals surface area contributed by atoms with Crippen molar-refractivity contribution in [1.82, 2.24) is 0 Å². The summed E-state index contributed by atoms with van der Waals surface area (Å²) in [7, 11) is -4.84. The summed E-state index contributed by atoms with van der Waals surface area (Å²) in [4.78, 5) is 10.3. The van der Waals surface area contributed by atoms with Crippen molar-refractivity contribution in [3.63, 3.8) is 0 Å². The number of anilines is 1. The van der Waals surface area contributed by atoms with Gasteiger partial charge >= 0.3 is 12.4 Å². The third-order valence-electron chi connectivity index (χ3n) is 3.42. The fourth-order valence-corrected chi connectivity index (χ4v) is 3.31. The van der Waals surface area contributed by atoms with Crippen LogP contribution in [-0.2, 0) is 22.4 Å². The molecular weight excluding hydrogens is 400 g/mol. The zero-order valence-electron chi connectivity index (χ0n) is 13.4. The molecule has 4 nitrogen and oxygen atoms in total. The maximum atomic E-state index is 12.9. The van der Waals surface area contributed by atoms with Crippen molar-refractivity contribution in [3.8, 4) is 0 Å². The van der Waals surface area contributed by atoms with Crippen molar-refractivity contribution in [2.24, 2.45) is 0 Å². The Bertz CT molecular complexity index is 948. The lowest BCUT2D eigenvalue weighted by molar-refractivity contribution is -0.143. The average Bonchev–Trinajstić information content (AvgIpc) is 2.52. The van der Waals surface area contributed by atoms with Gasteiger partial charge in [0.1, 0.15) is 0 Å². The van der Waals surface area contributed by atoms with E-state index in [1.165, 1.54) is 18.2 Å². The lowest BCUT2D eigenvalue weighted by Gasteiger charge is -2.16. The van der Waals surface area contributed by atoms with Crippen LogP contribution in [0.1, 0.15) is 28.4 Å². The Morgan fingerprint density at radius 3 is 1.81 bits per heavy atom. The molecule has 27 heavy (non-hydrogen) atoms. The summed E-state index contributed by atoms with van der Waals surface area (Å²) >= 11 is 0. The van der Waals surface area contributed by atoms with Crippen LogP contribution in [-0.4, -0.2) is 14.2 Å². The zero-order chi connectivity index (χ0) is 20.6. The number of hydrogen-bond acceptors (Lipinski definition) is 3. The second-order valence-electron chi connectivity index (χ2n) is 5.45. The molecule has 146 valence electrons. The minimum atomic E-state index is -5.19. The number of nitrogens with one attached hydrogen (secondary N) is 1. The van der Waals surface area contributed by atoms with Crippen molar-refractivity contribution in [2.75, 3.05) is 4.72 Å². The molecule has 0 heterocycles. The highest BCUT2D eigenvalue weighted by atomic mass is 32.2. The van der Waals surface area contributed by atoms with Crippen molar-refractivity contribution >= 4 is 21.5 Å². The molecule has 11 heteroatoms. The summed E-state index contributed by atoms with van der Waals surface area (Å²) in [5.41, 5.74) is -3.89. The van der Waals surface area contributed by atoms with Gasteiger partial charge in [-0.1, -0.05) is 12.1 Å². The Hall–Kier alpha value is -2.56. The SMILES string of the molecule is CC(=O)c1ccccc1NS(=O)(=O)c1cc(C(F)(F)F)cc(C(F)(F)F)c1. The molecule has 0 aliphatic carbocycles. The van der Waals surface area contributed by atoms with Crippen LogP contribution in [0.4, 0.5) is 32.0 Å². The first-order valence-electron chi connectivity index (χ1n) is 7.14. The Balaban J connectivity index is 2.61. The van der Waals surface area contributed by atoms with E-state index in [9.17, 15) is 39.6 Å². The van der Waals surface area contributed by atoms with Crippen LogP contribution in [0.5, 0.6) is 0 Å². The van der Waals surface area contributed by atoms with Crippen LogP contribution in [0, 0.1) is 0 Å². The zero-order valence-corrected chi connectivity index (χ0v) is 14.3. The fraction of sp³-hybridized carbons (Fsp3) is 0.188. The highest BCUT2D eigenvalue weighted by Gasteiger charge is 2.38. The molecule has 2 rings (SSSR count). The van der Waals surface area contributed by atoms with Crippen molar-refractivity contribution in [3.05, 3.63) is 59.2 Å². The van der Waals surface area contributed by atoms with Crippen LogP contribution in [0.2, 0.25) is 0 Å². The van der Waals surface area contributed by atoms with E-state index >= 15 is 0 Å². The number of benzene rings is 2. The third-order valence-corrected chi connectivity index (χ3v) is 4.77. The molecule has 0 saturated carbocycles. The molecular formula is C16H11F6NO3S. The summed E-state index contributed by atoms with van der Waals surface area (Å²) < 4.78 is 104. The van der Waals surface area contributed by atoms with Gasteiger partial charge in [-0.05, 0) is 37.3 Å². The average molecular weight is 411 g/mol. The van der Waals surface area contributed by atoms with E-state index in [0.717, 1.165) is 13.0 Å². The number of alkyl halides is 6. The molecule has 0 aliphatic rings.